The van der Waals surface area contributed by atoms with Gasteiger partial charge in [0.2, 0.25) is 0 Å². The molecule has 0 aliphatic heterocycles. The molecule has 0 radical (unpaired) electrons. The molecule has 0 atom stereocenters. The Morgan fingerprint density at radius 2 is 2.04 bits per heavy atom. The number of nitriles is 1. The van der Waals surface area contributed by atoms with Gasteiger partial charge < -0.3 is 10.6 Å². The molecule has 2 N–H and O–H groups in total. The number of nitrogens with one attached hydrogen (secondary N) is 2. The Morgan fingerprint density at radius 3 is 2.80 bits per heavy atom. The highest BCUT2D eigenvalue weighted by Crippen LogP contribution is 2.27. The zero-order valence-corrected chi connectivity index (χ0v) is 15.7. The zero-order chi connectivity index (χ0) is 17.8. The third-order valence-electron chi connectivity index (χ3n) is 3.17. The molecular formula is C17H10Cl2N4S2. The number of allylic oxidation sites excluding steroid dienone is 1. The molecule has 0 aliphatic carbocycles. The Labute approximate surface area is 163 Å². The summed E-state index contributed by atoms with van der Waals surface area (Å²) in [6.07, 6.45) is 1.52. The molecule has 0 spiro atoms. The normalized spacial score (nSPS) is 11.2. The van der Waals surface area contributed by atoms with Crippen LogP contribution in [0.4, 0.5) is 5.69 Å². The molecule has 3 aromatic rings. The Bertz CT molecular complexity index is 988. The van der Waals surface area contributed by atoms with Crippen molar-refractivity contribution >= 4 is 73.3 Å². The molecule has 0 aliphatic rings. The van der Waals surface area contributed by atoms with E-state index < -0.39 is 0 Å². The topological polar surface area (TPSA) is 60.7 Å². The van der Waals surface area contributed by atoms with E-state index in [0.29, 0.717) is 26.3 Å². The Hall–Kier alpha value is -2.17. The highest BCUT2D eigenvalue weighted by molar-refractivity contribution is 7.80. The van der Waals surface area contributed by atoms with E-state index in [-0.39, 0.29) is 5.11 Å². The molecule has 4 nitrogen and oxygen atoms in total. The lowest BCUT2D eigenvalue weighted by atomic mass is 10.3. The minimum absolute atomic E-state index is 0.290. The van der Waals surface area contributed by atoms with Crippen LogP contribution in [0.2, 0.25) is 10.0 Å². The number of hydrogen-bond acceptors (Lipinski definition) is 4. The van der Waals surface area contributed by atoms with Gasteiger partial charge in [0.05, 0.1) is 20.9 Å². The first-order valence-corrected chi connectivity index (χ1v) is 9.03. The summed E-state index contributed by atoms with van der Waals surface area (Å²) in [6, 6.07) is 14.9. The first kappa shape index (κ1) is 17.6. The molecule has 2 aromatic carbocycles. The van der Waals surface area contributed by atoms with Crippen molar-refractivity contribution in [3.05, 3.63) is 63.7 Å². The fraction of sp³-hybridized carbons (Fsp3) is 0. The van der Waals surface area contributed by atoms with E-state index in [1.165, 1.54) is 17.5 Å². The summed E-state index contributed by atoms with van der Waals surface area (Å²) >= 11 is 18.7. The quantitative estimate of drug-likeness (QED) is 0.448. The Balaban J connectivity index is 1.75. The van der Waals surface area contributed by atoms with Crippen molar-refractivity contribution in [1.29, 1.82) is 5.26 Å². The monoisotopic (exact) mass is 404 g/mol. The molecule has 25 heavy (non-hydrogen) atoms. The van der Waals surface area contributed by atoms with Crippen molar-refractivity contribution in [3.8, 4) is 6.07 Å². The van der Waals surface area contributed by atoms with Gasteiger partial charge in [-0.05, 0) is 42.5 Å². The number of hydrogen-bond donors (Lipinski definition) is 2. The van der Waals surface area contributed by atoms with Gasteiger partial charge in [0, 0.05) is 11.2 Å². The predicted octanol–water partition coefficient (Wildman–Crippen LogP) is 5.45. The van der Waals surface area contributed by atoms with E-state index in [2.05, 4.69) is 21.7 Å². The molecule has 0 saturated carbocycles. The molecule has 8 heteroatoms. The minimum Gasteiger partial charge on any atom is -0.338 e. The van der Waals surface area contributed by atoms with Crippen LogP contribution in [0.15, 0.2) is 48.7 Å². The molecule has 124 valence electrons. The van der Waals surface area contributed by atoms with E-state index in [1.54, 1.807) is 18.2 Å². The van der Waals surface area contributed by atoms with Crippen molar-refractivity contribution in [2.75, 3.05) is 5.32 Å². The first-order chi connectivity index (χ1) is 12.1. The van der Waals surface area contributed by atoms with Crippen molar-refractivity contribution in [2.24, 2.45) is 0 Å². The molecule has 0 fully saturated rings. The summed E-state index contributed by atoms with van der Waals surface area (Å²) in [7, 11) is 0. The van der Waals surface area contributed by atoms with E-state index in [0.717, 1.165) is 10.2 Å². The van der Waals surface area contributed by atoms with Crippen LogP contribution in [-0.2, 0) is 0 Å². The third kappa shape index (κ3) is 4.27. The summed E-state index contributed by atoms with van der Waals surface area (Å²) in [5, 5.41) is 17.2. The smallest absolute Gasteiger partial charge is 0.174 e. The van der Waals surface area contributed by atoms with Gasteiger partial charge in [0.15, 0.2) is 5.11 Å². The molecular weight excluding hydrogens is 395 g/mol. The van der Waals surface area contributed by atoms with Crippen molar-refractivity contribution in [2.45, 2.75) is 0 Å². The van der Waals surface area contributed by atoms with Crippen LogP contribution in [0.1, 0.15) is 5.01 Å². The number of anilines is 1. The molecule has 0 unspecified atom stereocenters. The van der Waals surface area contributed by atoms with Crippen LogP contribution in [0, 0.1) is 11.3 Å². The summed E-state index contributed by atoms with van der Waals surface area (Å²) in [5.41, 5.74) is 1.83. The molecule has 1 heterocycles. The minimum atomic E-state index is 0.290. The van der Waals surface area contributed by atoms with Crippen LogP contribution in [-0.4, -0.2) is 10.1 Å². The van der Waals surface area contributed by atoms with Crippen LogP contribution < -0.4 is 10.6 Å². The van der Waals surface area contributed by atoms with Gasteiger partial charge in [-0.3, -0.25) is 0 Å². The second-order valence-corrected chi connectivity index (χ2v) is 7.16. The van der Waals surface area contributed by atoms with Crippen molar-refractivity contribution in [3.63, 3.8) is 0 Å². The second-order valence-electron chi connectivity index (χ2n) is 4.88. The van der Waals surface area contributed by atoms with Crippen LogP contribution in [0.25, 0.3) is 15.8 Å². The lowest BCUT2D eigenvalue weighted by molar-refractivity contribution is 1.29. The number of aromatic nitrogens is 1. The van der Waals surface area contributed by atoms with Gasteiger partial charge >= 0.3 is 0 Å². The van der Waals surface area contributed by atoms with Crippen molar-refractivity contribution in [1.82, 2.24) is 10.3 Å². The number of benzene rings is 2. The maximum Gasteiger partial charge on any atom is 0.174 e. The van der Waals surface area contributed by atoms with E-state index in [4.69, 9.17) is 35.4 Å². The van der Waals surface area contributed by atoms with Gasteiger partial charge in [-0.1, -0.05) is 35.3 Å². The summed E-state index contributed by atoms with van der Waals surface area (Å²) < 4.78 is 1.02. The molecule has 0 saturated heterocycles. The lowest BCUT2D eigenvalue weighted by Gasteiger charge is -2.09. The largest absolute Gasteiger partial charge is 0.338 e. The van der Waals surface area contributed by atoms with E-state index >= 15 is 0 Å². The zero-order valence-electron chi connectivity index (χ0n) is 12.6. The Kier molecular flexibility index (Phi) is 5.51. The first-order valence-electron chi connectivity index (χ1n) is 7.05. The average molecular weight is 405 g/mol. The fourth-order valence-electron chi connectivity index (χ4n) is 2.02. The maximum atomic E-state index is 9.39. The van der Waals surface area contributed by atoms with Crippen LogP contribution in [0.5, 0.6) is 0 Å². The highest BCUT2D eigenvalue weighted by atomic mass is 35.5. The number of fused-ring (bicyclic) bond motifs is 1. The third-order valence-corrected chi connectivity index (χ3v) is 5.02. The SMILES string of the molecule is N#C/C(=C/NC(=S)Nc1cc(Cl)ccc1Cl)c1nc2ccccc2s1. The average Bonchev–Trinajstić information content (AvgIpc) is 3.02. The van der Waals surface area contributed by atoms with E-state index in [9.17, 15) is 5.26 Å². The Morgan fingerprint density at radius 1 is 1.24 bits per heavy atom. The summed E-state index contributed by atoms with van der Waals surface area (Å²) in [4.78, 5) is 4.46. The summed E-state index contributed by atoms with van der Waals surface area (Å²) in [5.74, 6) is 0. The number of nitrogens with zero attached hydrogens (tertiary/aromatic N) is 2. The molecule has 0 bridgehead atoms. The standard InChI is InChI=1S/C17H10Cl2N4S2/c18-11-5-6-12(19)14(7-11)23-17(24)21-9-10(8-20)16-22-13-3-1-2-4-15(13)25-16/h1-7,9H,(H2,21,23,24)/b10-9-. The summed E-state index contributed by atoms with van der Waals surface area (Å²) in [6.45, 7) is 0. The number of para-hydroxylation sites is 1. The van der Waals surface area contributed by atoms with Crippen LogP contribution in [0.3, 0.4) is 0 Å². The number of halogens is 2. The van der Waals surface area contributed by atoms with Crippen molar-refractivity contribution < 1.29 is 0 Å². The molecule has 1 aromatic heterocycles. The number of thiazole rings is 1. The maximum absolute atomic E-state index is 9.39. The van der Waals surface area contributed by atoms with Gasteiger partial charge in [0.1, 0.15) is 16.6 Å². The van der Waals surface area contributed by atoms with Gasteiger partial charge in [-0.25, -0.2) is 4.98 Å². The number of thiocarbonyl (C=S) groups is 1. The molecule has 3 rings (SSSR count). The number of rotatable bonds is 3. The van der Waals surface area contributed by atoms with Gasteiger partial charge in [0.25, 0.3) is 0 Å². The predicted molar refractivity (Wildman–Crippen MR) is 109 cm³/mol. The van der Waals surface area contributed by atoms with Crippen LogP contribution >= 0.6 is 46.8 Å². The highest BCUT2D eigenvalue weighted by Gasteiger charge is 2.09. The fourth-order valence-corrected chi connectivity index (χ4v) is 3.46. The molecule has 0 amide bonds. The lowest BCUT2D eigenvalue weighted by Crippen LogP contribution is -2.24. The van der Waals surface area contributed by atoms with Gasteiger partial charge in [-0.15, -0.1) is 11.3 Å². The van der Waals surface area contributed by atoms with E-state index in [1.807, 2.05) is 24.3 Å². The second kappa shape index (κ2) is 7.81. The van der Waals surface area contributed by atoms with Gasteiger partial charge in [-0.2, -0.15) is 5.26 Å².